The Morgan fingerprint density at radius 3 is 2.84 bits per heavy atom. The number of aromatic nitrogens is 3. The zero-order chi connectivity index (χ0) is 22.4. The molecule has 0 aliphatic heterocycles. The molecule has 2 aromatic carbocycles. The quantitative estimate of drug-likeness (QED) is 0.358. The van der Waals surface area contributed by atoms with Crippen molar-refractivity contribution in [1.82, 2.24) is 15.0 Å². The van der Waals surface area contributed by atoms with E-state index >= 15 is 0 Å². The van der Waals surface area contributed by atoms with Crippen molar-refractivity contribution in [3.63, 3.8) is 0 Å². The highest BCUT2D eigenvalue weighted by Crippen LogP contribution is 2.20. The Morgan fingerprint density at radius 1 is 1.16 bits per heavy atom. The number of nitrogens with zero attached hydrogens (tertiary/aromatic N) is 3. The Hall–Kier alpha value is -3.14. The summed E-state index contributed by atoms with van der Waals surface area (Å²) in [5.74, 6) is 0.511. The number of rotatable bonds is 9. The topological polar surface area (TPSA) is 86.1 Å². The summed E-state index contributed by atoms with van der Waals surface area (Å²) in [4.78, 5) is 0. The second kappa shape index (κ2) is 9.99. The molecule has 0 amide bonds. The van der Waals surface area contributed by atoms with Gasteiger partial charge < -0.3 is 4.74 Å². The first-order chi connectivity index (χ1) is 15.4. The van der Waals surface area contributed by atoms with Crippen molar-refractivity contribution in [3.05, 3.63) is 98.8 Å². The fraction of sp³-hybridized carbons (Fsp3) is 0.0909. The molecular formula is C22H19ClN4O3S2. The minimum atomic E-state index is -3.71. The molecule has 0 fully saturated rings. The van der Waals surface area contributed by atoms with Gasteiger partial charge >= 0.3 is 0 Å². The highest BCUT2D eigenvalue weighted by atomic mass is 35.5. The van der Waals surface area contributed by atoms with E-state index in [0.717, 1.165) is 11.0 Å². The van der Waals surface area contributed by atoms with Gasteiger partial charge in [-0.3, -0.25) is 4.72 Å². The zero-order valence-corrected chi connectivity index (χ0v) is 19.1. The van der Waals surface area contributed by atoms with Gasteiger partial charge in [-0.25, -0.2) is 13.1 Å². The number of sulfonamides is 1. The summed E-state index contributed by atoms with van der Waals surface area (Å²) in [7, 11) is -3.71. The van der Waals surface area contributed by atoms with E-state index in [1.165, 1.54) is 6.08 Å². The Kier molecular flexibility index (Phi) is 6.89. The summed E-state index contributed by atoms with van der Waals surface area (Å²) >= 11 is 7.56. The molecule has 4 aromatic rings. The molecule has 0 saturated carbocycles. The average Bonchev–Trinajstić information content (AvgIpc) is 3.43. The normalized spacial score (nSPS) is 11.7. The SMILES string of the molecule is O=S(=O)(/C=C/c1cccc(Cl)c1)Nc1cccc(OCc2cn(Cc3ccsc3)nn2)c1. The van der Waals surface area contributed by atoms with Crippen LogP contribution >= 0.6 is 22.9 Å². The lowest BCUT2D eigenvalue weighted by Gasteiger charge is -2.08. The molecule has 0 unspecified atom stereocenters. The molecule has 0 aliphatic rings. The second-order valence-corrected chi connectivity index (χ2v) is 9.64. The van der Waals surface area contributed by atoms with E-state index in [1.807, 2.05) is 17.6 Å². The van der Waals surface area contributed by atoms with Gasteiger partial charge in [0, 0.05) is 11.1 Å². The number of benzene rings is 2. The fourth-order valence-electron chi connectivity index (χ4n) is 2.83. The van der Waals surface area contributed by atoms with Crippen molar-refractivity contribution >= 4 is 44.7 Å². The largest absolute Gasteiger partial charge is 0.487 e. The highest BCUT2D eigenvalue weighted by Gasteiger charge is 2.08. The second-order valence-electron chi connectivity index (χ2n) is 6.86. The Labute approximate surface area is 195 Å². The third kappa shape index (κ3) is 6.43. The van der Waals surface area contributed by atoms with Crippen LogP contribution in [0.4, 0.5) is 5.69 Å². The standard InChI is InChI=1S/C22H19ClN4O3S2/c23-19-4-1-3-17(11-19)8-10-32(28,29)25-20-5-2-6-22(12-20)30-15-21-14-27(26-24-21)13-18-7-9-31-16-18/h1-12,14,16,25H,13,15H2/b10-8+. The average molecular weight is 487 g/mol. The lowest BCUT2D eigenvalue weighted by atomic mass is 10.2. The zero-order valence-electron chi connectivity index (χ0n) is 16.8. The van der Waals surface area contributed by atoms with Crippen molar-refractivity contribution < 1.29 is 13.2 Å². The summed E-state index contributed by atoms with van der Waals surface area (Å²) in [6.45, 7) is 0.866. The predicted molar refractivity (Wildman–Crippen MR) is 127 cm³/mol. The van der Waals surface area contributed by atoms with Crippen LogP contribution in [-0.2, 0) is 23.2 Å². The van der Waals surface area contributed by atoms with Gasteiger partial charge in [0.05, 0.1) is 23.8 Å². The number of anilines is 1. The van der Waals surface area contributed by atoms with Gasteiger partial charge in [0.1, 0.15) is 18.1 Å². The van der Waals surface area contributed by atoms with Crippen LogP contribution in [0.3, 0.4) is 0 Å². The van der Waals surface area contributed by atoms with Gasteiger partial charge in [-0.1, -0.05) is 35.0 Å². The lowest BCUT2D eigenvalue weighted by molar-refractivity contribution is 0.301. The number of ether oxygens (including phenoxy) is 1. The van der Waals surface area contributed by atoms with Crippen molar-refractivity contribution in [1.29, 1.82) is 0 Å². The molecule has 10 heteroatoms. The van der Waals surface area contributed by atoms with Crippen molar-refractivity contribution in [2.24, 2.45) is 0 Å². The summed E-state index contributed by atoms with van der Waals surface area (Å²) in [5.41, 5.74) is 2.92. The maximum atomic E-state index is 12.4. The van der Waals surface area contributed by atoms with Crippen LogP contribution in [0.15, 0.2) is 77.0 Å². The van der Waals surface area contributed by atoms with E-state index in [0.29, 0.717) is 34.3 Å². The van der Waals surface area contributed by atoms with Gasteiger partial charge in [-0.15, -0.1) is 5.10 Å². The lowest BCUT2D eigenvalue weighted by Crippen LogP contribution is -2.09. The van der Waals surface area contributed by atoms with Gasteiger partial charge in [0.2, 0.25) is 0 Å². The summed E-state index contributed by atoms with van der Waals surface area (Å²) in [6.07, 6.45) is 3.30. The van der Waals surface area contributed by atoms with E-state index in [2.05, 4.69) is 20.4 Å². The van der Waals surface area contributed by atoms with Gasteiger partial charge in [-0.2, -0.15) is 11.3 Å². The van der Waals surface area contributed by atoms with E-state index in [4.69, 9.17) is 16.3 Å². The molecule has 0 saturated heterocycles. The molecular weight excluding hydrogens is 468 g/mol. The number of nitrogens with one attached hydrogen (secondary N) is 1. The summed E-state index contributed by atoms with van der Waals surface area (Å²) in [5, 5.41) is 13.9. The molecule has 32 heavy (non-hydrogen) atoms. The maximum absolute atomic E-state index is 12.4. The molecule has 1 N–H and O–H groups in total. The Balaban J connectivity index is 1.35. The van der Waals surface area contributed by atoms with Crippen LogP contribution in [0.2, 0.25) is 5.02 Å². The van der Waals surface area contributed by atoms with E-state index in [9.17, 15) is 8.42 Å². The van der Waals surface area contributed by atoms with Crippen molar-refractivity contribution in [2.45, 2.75) is 13.2 Å². The smallest absolute Gasteiger partial charge is 0.255 e. The van der Waals surface area contributed by atoms with E-state index < -0.39 is 10.0 Å². The summed E-state index contributed by atoms with van der Waals surface area (Å²) < 4.78 is 34.8. The minimum absolute atomic E-state index is 0.217. The molecule has 0 bridgehead atoms. The third-order valence-electron chi connectivity index (χ3n) is 4.28. The molecule has 7 nitrogen and oxygen atoms in total. The van der Waals surface area contributed by atoms with Gasteiger partial charge in [-0.05, 0) is 58.3 Å². The van der Waals surface area contributed by atoms with Crippen LogP contribution in [0.5, 0.6) is 5.75 Å². The van der Waals surface area contributed by atoms with Crippen LogP contribution in [0.25, 0.3) is 6.08 Å². The molecule has 0 spiro atoms. The summed E-state index contributed by atoms with van der Waals surface area (Å²) in [6, 6.07) is 15.7. The molecule has 0 radical (unpaired) electrons. The third-order valence-corrected chi connectivity index (χ3v) is 6.26. The molecule has 2 aromatic heterocycles. The van der Waals surface area contributed by atoms with Gasteiger partial charge in [0.15, 0.2) is 0 Å². The molecule has 0 aliphatic carbocycles. The molecule has 0 atom stereocenters. The van der Waals surface area contributed by atoms with Crippen LogP contribution in [-0.4, -0.2) is 23.4 Å². The fourth-order valence-corrected chi connectivity index (χ4v) is 4.55. The Bertz CT molecular complexity index is 1320. The first kappa shape index (κ1) is 22.1. The molecule has 4 rings (SSSR count). The van der Waals surface area contributed by atoms with E-state index in [1.54, 1.807) is 64.5 Å². The van der Waals surface area contributed by atoms with Gasteiger partial charge in [0.25, 0.3) is 10.0 Å². The predicted octanol–water partition coefficient (Wildman–Crippen LogP) is 5.03. The first-order valence-corrected chi connectivity index (χ1v) is 12.4. The Morgan fingerprint density at radius 2 is 2.03 bits per heavy atom. The van der Waals surface area contributed by atoms with Crippen LogP contribution < -0.4 is 9.46 Å². The van der Waals surface area contributed by atoms with Crippen molar-refractivity contribution in [3.8, 4) is 5.75 Å². The maximum Gasteiger partial charge on any atom is 0.255 e. The number of thiophene rings is 1. The van der Waals surface area contributed by atoms with E-state index in [-0.39, 0.29) is 6.61 Å². The number of hydrogen-bond acceptors (Lipinski definition) is 6. The first-order valence-electron chi connectivity index (χ1n) is 9.55. The number of hydrogen-bond donors (Lipinski definition) is 1. The molecule has 164 valence electrons. The van der Waals surface area contributed by atoms with Crippen molar-refractivity contribution in [2.75, 3.05) is 4.72 Å². The molecule has 2 heterocycles. The van der Waals surface area contributed by atoms with Crippen LogP contribution in [0.1, 0.15) is 16.8 Å². The van der Waals surface area contributed by atoms with Crippen LogP contribution in [0, 0.1) is 0 Å². The minimum Gasteiger partial charge on any atom is -0.487 e. The highest BCUT2D eigenvalue weighted by molar-refractivity contribution is 7.95. The number of halogens is 1. The monoisotopic (exact) mass is 486 g/mol.